The fourth-order valence-corrected chi connectivity index (χ4v) is 1.38. The highest BCUT2D eigenvalue weighted by Gasteiger charge is 2.33. The van der Waals surface area contributed by atoms with E-state index in [2.05, 4.69) is 0 Å². The first kappa shape index (κ1) is 13.2. The quantitative estimate of drug-likeness (QED) is 0.418. The number of Topliss-reactive ketones (excluding diaryl/α,β-unsaturated/α-hetero) is 1. The van der Waals surface area contributed by atoms with E-state index in [1.165, 1.54) is 0 Å². The van der Waals surface area contributed by atoms with Crippen LogP contribution in [0.5, 0.6) is 0 Å². The lowest BCUT2D eigenvalue weighted by molar-refractivity contribution is -0.148. The number of carboxylic acid groups (broad SMARTS) is 1. The number of carbonyl (C=O) groups is 3. The van der Waals surface area contributed by atoms with Crippen LogP contribution in [0.4, 0.5) is 4.79 Å². The van der Waals surface area contributed by atoms with Crippen LogP contribution in [0.15, 0.2) is 0 Å². The molecule has 0 aliphatic carbocycles. The molecule has 0 aromatic rings. The second-order valence-electron chi connectivity index (χ2n) is 2.82. The highest BCUT2D eigenvalue weighted by molar-refractivity contribution is 6.62. The lowest BCUT2D eigenvalue weighted by atomic mass is 9.96. The van der Waals surface area contributed by atoms with E-state index in [1.54, 1.807) is 0 Å². The summed E-state index contributed by atoms with van der Waals surface area (Å²) in [6, 6.07) is 0. The van der Waals surface area contributed by atoms with Crippen LogP contribution in [-0.4, -0.2) is 40.2 Å². The molecule has 1 fully saturated rings. The summed E-state index contributed by atoms with van der Waals surface area (Å²) in [6.07, 6.45) is 0.145. The fourth-order valence-electron chi connectivity index (χ4n) is 1.23. The molecule has 0 spiro atoms. The zero-order valence-corrected chi connectivity index (χ0v) is 8.68. The number of rotatable bonds is 1. The smallest absolute Gasteiger partial charge is 0.316 e. The summed E-state index contributed by atoms with van der Waals surface area (Å²) in [5, 5.41) is 7.87. The van der Waals surface area contributed by atoms with Crippen molar-refractivity contribution < 1.29 is 19.5 Å². The van der Waals surface area contributed by atoms with Crippen molar-refractivity contribution in [1.29, 1.82) is 0 Å². The van der Waals surface area contributed by atoms with E-state index in [4.69, 9.17) is 16.7 Å². The third-order valence-electron chi connectivity index (χ3n) is 1.97. The van der Waals surface area contributed by atoms with Gasteiger partial charge < -0.3 is 10.0 Å². The van der Waals surface area contributed by atoms with Gasteiger partial charge in [0.05, 0.1) is 6.54 Å². The Morgan fingerprint density at radius 1 is 1.50 bits per heavy atom. The Labute approximate surface area is 91.4 Å². The highest BCUT2D eigenvalue weighted by atomic mass is 35.5. The molecule has 0 bridgehead atoms. The highest BCUT2D eigenvalue weighted by Crippen LogP contribution is 2.15. The van der Waals surface area contributed by atoms with Gasteiger partial charge in [-0.1, -0.05) is 0 Å². The Morgan fingerprint density at radius 2 is 2.07 bits per heavy atom. The van der Waals surface area contributed by atoms with Gasteiger partial charge in [-0.25, -0.2) is 0 Å². The van der Waals surface area contributed by atoms with Gasteiger partial charge in [0.2, 0.25) is 0 Å². The molecule has 1 saturated heterocycles. The number of halogens is 2. The molecule has 7 heteroatoms. The third-order valence-corrected chi connectivity index (χ3v) is 2.21. The summed E-state index contributed by atoms with van der Waals surface area (Å²) in [5.74, 6) is -2.58. The molecule has 5 nitrogen and oxygen atoms in total. The number of piperidine rings is 1. The lowest BCUT2D eigenvalue weighted by Gasteiger charge is -2.26. The SMILES string of the molecule is Cl.O=C(O)C1CCN(C(=O)Cl)CC1=O. The molecule has 1 unspecified atom stereocenters. The Hall–Kier alpha value is -0.810. The zero-order chi connectivity index (χ0) is 10.0. The van der Waals surface area contributed by atoms with E-state index in [-0.39, 0.29) is 31.9 Å². The van der Waals surface area contributed by atoms with Gasteiger partial charge >= 0.3 is 11.3 Å². The molecule has 1 heterocycles. The summed E-state index contributed by atoms with van der Waals surface area (Å²) in [6.45, 7) is 0.0321. The maximum atomic E-state index is 11.1. The number of ketones is 1. The molecule has 1 amide bonds. The number of hydrogen-bond donors (Lipinski definition) is 1. The number of carbonyl (C=O) groups excluding carboxylic acids is 2. The standard InChI is InChI=1S/C7H8ClNO4.ClH/c8-7(13)9-2-1-4(6(11)12)5(10)3-9;/h4H,1-3H2,(H,11,12);1H. The van der Waals surface area contributed by atoms with Crippen molar-refractivity contribution in [2.24, 2.45) is 5.92 Å². The average molecular weight is 242 g/mol. The maximum Gasteiger partial charge on any atom is 0.316 e. The van der Waals surface area contributed by atoms with Gasteiger partial charge in [0.15, 0.2) is 5.78 Å². The summed E-state index contributed by atoms with van der Waals surface area (Å²) >= 11 is 5.14. The van der Waals surface area contributed by atoms with Crippen molar-refractivity contribution in [3.05, 3.63) is 0 Å². The van der Waals surface area contributed by atoms with Crippen LogP contribution in [0.2, 0.25) is 0 Å². The molecule has 1 N–H and O–H groups in total. The second kappa shape index (κ2) is 5.17. The largest absolute Gasteiger partial charge is 0.481 e. The van der Waals surface area contributed by atoms with Crippen LogP contribution in [0.1, 0.15) is 6.42 Å². The topological polar surface area (TPSA) is 74.7 Å². The summed E-state index contributed by atoms with van der Waals surface area (Å²) < 4.78 is 0. The van der Waals surface area contributed by atoms with E-state index in [1.807, 2.05) is 0 Å². The van der Waals surface area contributed by atoms with Gasteiger partial charge in [0.1, 0.15) is 5.92 Å². The van der Waals surface area contributed by atoms with Crippen molar-refractivity contribution in [1.82, 2.24) is 4.90 Å². The fraction of sp³-hybridized carbons (Fsp3) is 0.571. The molecule has 0 saturated carbocycles. The lowest BCUT2D eigenvalue weighted by Crippen LogP contribution is -2.44. The molecule has 0 radical (unpaired) electrons. The van der Waals surface area contributed by atoms with Gasteiger partial charge in [0.25, 0.3) is 0 Å². The predicted octanol–water partition coefficient (Wildman–Crippen LogP) is 0.743. The number of carboxylic acids is 1. The van der Waals surface area contributed by atoms with E-state index in [0.29, 0.717) is 0 Å². The molecule has 0 aromatic heterocycles. The summed E-state index contributed by atoms with van der Waals surface area (Å²) in [5.41, 5.74) is 0. The van der Waals surface area contributed by atoms with Crippen molar-refractivity contribution in [3.63, 3.8) is 0 Å². The first-order chi connectivity index (χ1) is 6.02. The minimum absolute atomic E-state index is 0. The number of likely N-dealkylation sites (tertiary alicyclic amines) is 1. The van der Waals surface area contributed by atoms with Crippen molar-refractivity contribution in [3.8, 4) is 0 Å². The van der Waals surface area contributed by atoms with Gasteiger partial charge in [0, 0.05) is 6.54 Å². The van der Waals surface area contributed by atoms with Gasteiger partial charge in [-0.05, 0) is 18.0 Å². The molecule has 0 aromatic carbocycles. The van der Waals surface area contributed by atoms with Crippen LogP contribution in [0.25, 0.3) is 0 Å². The zero-order valence-electron chi connectivity index (χ0n) is 7.10. The van der Waals surface area contributed by atoms with Crippen molar-refractivity contribution in [2.45, 2.75) is 6.42 Å². The second-order valence-corrected chi connectivity index (χ2v) is 3.14. The van der Waals surface area contributed by atoms with Crippen LogP contribution in [0, 0.1) is 5.92 Å². The molecular formula is C7H9Cl2NO4. The van der Waals surface area contributed by atoms with E-state index < -0.39 is 23.0 Å². The molecule has 80 valence electrons. The minimum atomic E-state index is -1.13. The van der Waals surface area contributed by atoms with Gasteiger partial charge in [-0.2, -0.15) is 0 Å². The minimum Gasteiger partial charge on any atom is -0.481 e. The van der Waals surface area contributed by atoms with Crippen molar-refractivity contribution >= 4 is 41.1 Å². The van der Waals surface area contributed by atoms with Crippen molar-refractivity contribution in [2.75, 3.05) is 13.1 Å². The van der Waals surface area contributed by atoms with Gasteiger partial charge in [-0.15, -0.1) is 12.4 Å². The molecular weight excluding hydrogens is 233 g/mol. The monoisotopic (exact) mass is 241 g/mol. The van der Waals surface area contributed by atoms with E-state index >= 15 is 0 Å². The van der Waals surface area contributed by atoms with E-state index in [0.717, 1.165) is 4.90 Å². The predicted molar refractivity (Wildman–Crippen MR) is 50.8 cm³/mol. The summed E-state index contributed by atoms with van der Waals surface area (Å²) in [7, 11) is 0. The molecule has 14 heavy (non-hydrogen) atoms. The number of hydrogen-bond acceptors (Lipinski definition) is 3. The Kier molecular flexibility index (Phi) is 4.87. The van der Waals surface area contributed by atoms with Gasteiger partial charge in [-0.3, -0.25) is 14.4 Å². The van der Waals surface area contributed by atoms with Crippen LogP contribution < -0.4 is 0 Å². The molecule has 1 atom stereocenters. The molecule has 1 aliphatic rings. The Balaban J connectivity index is 0.00000169. The number of amides is 1. The Bertz CT molecular complexity index is 268. The summed E-state index contributed by atoms with van der Waals surface area (Å²) in [4.78, 5) is 33.3. The third kappa shape index (κ3) is 2.85. The maximum absolute atomic E-state index is 11.1. The normalized spacial score (nSPS) is 21.4. The molecule has 1 aliphatic heterocycles. The van der Waals surface area contributed by atoms with Crippen LogP contribution in [0.3, 0.4) is 0 Å². The van der Waals surface area contributed by atoms with E-state index in [9.17, 15) is 14.4 Å². The van der Waals surface area contributed by atoms with Crippen LogP contribution in [-0.2, 0) is 9.59 Å². The number of nitrogens with zero attached hydrogens (tertiary/aromatic N) is 1. The Morgan fingerprint density at radius 3 is 2.43 bits per heavy atom. The first-order valence-electron chi connectivity index (χ1n) is 3.72. The first-order valence-corrected chi connectivity index (χ1v) is 4.10. The van der Waals surface area contributed by atoms with Crippen LogP contribution >= 0.6 is 24.0 Å². The molecule has 1 rings (SSSR count). The number of aliphatic carboxylic acids is 1. The average Bonchev–Trinajstić information content (AvgIpc) is 2.03.